The van der Waals surface area contributed by atoms with Gasteiger partial charge in [-0.15, -0.1) is 0 Å². The van der Waals surface area contributed by atoms with Gasteiger partial charge in [-0.3, -0.25) is 0 Å². The van der Waals surface area contributed by atoms with Crippen LogP contribution in [0.2, 0.25) is 0 Å². The summed E-state index contributed by atoms with van der Waals surface area (Å²) >= 11 is 0. The van der Waals surface area contributed by atoms with Crippen molar-refractivity contribution in [3.63, 3.8) is 0 Å². The van der Waals surface area contributed by atoms with Crippen molar-refractivity contribution in [2.45, 2.75) is 40.2 Å². The van der Waals surface area contributed by atoms with Gasteiger partial charge in [0.1, 0.15) is 0 Å². The molecule has 2 heteroatoms. The molecule has 0 aliphatic carbocycles. The highest BCUT2D eigenvalue weighted by Crippen LogP contribution is 2.04. The molecule has 0 aromatic rings. The zero-order chi connectivity index (χ0) is 10.3. The van der Waals surface area contributed by atoms with E-state index in [-0.39, 0.29) is 0 Å². The highest BCUT2D eigenvalue weighted by Gasteiger charge is 1.97. The molecule has 0 aromatic heterocycles. The van der Waals surface area contributed by atoms with E-state index in [1.54, 1.807) is 0 Å². The normalized spacial score (nSPS) is 10.9. The van der Waals surface area contributed by atoms with Crippen LogP contribution in [-0.4, -0.2) is 19.1 Å². The average Bonchev–Trinajstić information content (AvgIpc) is 1.96. The number of allylic oxidation sites excluding steroid dienone is 1. The Morgan fingerprint density at radius 3 is 2.23 bits per heavy atom. The Morgan fingerprint density at radius 1 is 1.15 bits per heavy atom. The summed E-state index contributed by atoms with van der Waals surface area (Å²) in [5.41, 5.74) is 1.15. The van der Waals surface area contributed by atoms with Crippen LogP contribution < -0.4 is 10.6 Å². The minimum Gasteiger partial charge on any atom is -0.388 e. The third-order valence-corrected chi connectivity index (χ3v) is 1.71. The van der Waals surface area contributed by atoms with E-state index in [2.05, 4.69) is 44.9 Å². The summed E-state index contributed by atoms with van der Waals surface area (Å²) < 4.78 is 0. The summed E-state index contributed by atoms with van der Waals surface area (Å²) in [6, 6.07) is 0.570. The van der Waals surface area contributed by atoms with Crippen LogP contribution in [0.3, 0.4) is 0 Å². The molecule has 0 heterocycles. The lowest BCUT2D eigenvalue weighted by Gasteiger charge is -2.13. The number of nitrogens with one attached hydrogen (secondary N) is 2. The summed E-state index contributed by atoms with van der Waals surface area (Å²) in [6.45, 7) is 14.7. The van der Waals surface area contributed by atoms with Crippen LogP contribution in [0.5, 0.6) is 0 Å². The Labute approximate surface area is 82.8 Å². The van der Waals surface area contributed by atoms with Crippen molar-refractivity contribution in [1.82, 2.24) is 10.6 Å². The minimum atomic E-state index is 0.570. The van der Waals surface area contributed by atoms with Gasteiger partial charge in [0.15, 0.2) is 0 Å². The smallest absolute Gasteiger partial charge is 0.0269 e. The van der Waals surface area contributed by atoms with E-state index in [1.165, 1.54) is 0 Å². The SMILES string of the molecule is C=C(CC(C)C)NCCNC(C)C. The molecular weight excluding hydrogens is 160 g/mol. The van der Waals surface area contributed by atoms with Gasteiger partial charge in [0.25, 0.3) is 0 Å². The maximum absolute atomic E-state index is 3.97. The number of hydrogen-bond acceptors (Lipinski definition) is 2. The van der Waals surface area contributed by atoms with Crippen molar-refractivity contribution in [3.8, 4) is 0 Å². The van der Waals surface area contributed by atoms with Gasteiger partial charge >= 0.3 is 0 Å². The van der Waals surface area contributed by atoms with E-state index in [0.29, 0.717) is 12.0 Å². The molecule has 0 bridgehead atoms. The van der Waals surface area contributed by atoms with Crippen LogP contribution in [0, 0.1) is 5.92 Å². The van der Waals surface area contributed by atoms with E-state index in [4.69, 9.17) is 0 Å². The molecule has 0 fully saturated rings. The van der Waals surface area contributed by atoms with Crippen LogP contribution in [0.4, 0.5) is 0 Å². The molecule has 2 N–H and O–H groups in total. The molecule has 0 amide bonds. The van der Waals surface area contributed by atoms with Gasteiger partial charge in [-0.2, -0.15) is 0 Å². The Kier molecular flexibility index (Phi) is 6.69. The molecule has 0 saturated heterocycles. The average molecular weight is 184 g/mol. The van der Waals surface area contributed by atoms with Gasteiger partial charge in [0, 0.05) is 24.8 Å². The second-order valence-electron chi connectivity index (χ2n) is 4.24. The Morgan fingerprint density at radius 2 is 1.77 bits per heavy atom. The lowest BCUT2D eigenvalue weighted by molar-refractivity contribution is 0.555. The summed E-state index contributed by atoms with van der Waals surface area (Å²) in [6.07, 6.45) is 1.07. The molecule has 13 heavy (non-hydrogen) atoms. The van der Waals surface area contributed by atoms with Crippen LogP contribution in [0.1, 0.15) is 34.1 Å². The van der Waals surface area contributed by atoms with Gasteiger partial charge in [-0.05, 0) is 12.3 Å². The van der Waals surface area contributed by atoms with Gasteiger partial charge < -0.3 is 10.6 Å². The van der Waals surface area contributed by atoms with Crippen molar-refractivity contribution < 1.29 is 0 Å². The standard InChI is InChI=1S/C11H24N2/c1-9(2)8-11(5)13-7-6-12-10(3)4/h9-10,12-13H,5-8H2,1-4H3. The molecule has 0 saturated carbocycles. The van der Waals surface area contributed by atoms with Gasteiger partial charge in [0.2, 0.25) is 0 Å². The van der Waals surface area contributed by atoms with Gasteiger partial charge in [-0.1, -0.05) is 34.3 Å². The highest BCUT2D eigenvalue weighted by atomic mass is 15.0. The van der Waals surface area contributed by atoms with Crippen LogP contribution in [-0.2, 0) is 0 Å². The molecule has 0 spiro atoms. The van der Waals surface area contributed by atoms with Crippen LogP contribution in [0.15, 0.2) is 12.3 Å². The molecule has 0 aromatic carbocycles. The first-order chi connectivity index (χ1) is 6.02. The van der Waals surface area contributed by atoms with E-state index in [1.807, 2.05) is 0 Å². The molecule has 0 unspecified atom stereocenters. The third kappa shape index (κ3) is 9.41. The zero-order valence-electron chi connectivity index (χ0n) is 9.48. The maximum atomic E-state index is 3.97. The Hall–Kier alpha value is -0.500. The predicted molar refractivity (Wildman–Crippen MR) is 59.7 cm³/mol. The molecule has 2 nitrogen and oxygen atoms in total. The van der Waals surface area contributed by atoms with Crippen molar-refractivity contribution in [2.75, 3.05) is 13.1 Å². The largest absolute Gasteiger partial charge is 0.388 e. The molecule has 0 aliphatic heterocycles. The van der Waals surface area contributed by atoms with Crippen molar-refractivity contribution in [3.05, 3.63) is 12.3 Å². The molecule has 0 radical (unpaired) electrons. The zero-order valence-corrected chi connectivity index (χ0v) is 9.48. The van der Waals surface area contributed by atoms with Crippen LogP contribution in [0.25, 0.3) is 0 Å². The molecule has 0 aliphatic rings. The lowest BCUT2D eigenvalue weighted by atomic mass is 10.1. The molecule has 78 valence electrons. The second-order valence-corrected chi connectivity index (χ2v) is 4.24. The van der Waals surface area contributed by atoms with Crippen molar-refractivity contribution >= 4 is 0 Å². The Balaban J connectivity index is 3.27. The third-order valence-electron chi connectivity index (χ3n) is 1.71. The van der Waals surface area contributed by atoms with Gasteiger partial charge in [-0.25, -0.2) is 0 Å². The van der Waals surface area contributed by atoms with Crippen LogP contribution >= 0.6 is 0 Å². The predicted octanol–water partition coefficient (Wildman–Crippen LogP) is 2.13. The van der Waals surface area contributed by atoms with Crippen molar-refractivity contribution in [2.24, 2.45) is 5.92 Å². The first kappa shape index (κ1) is 12.5. The maximum Gasteiger partial charge on any atom is 0.0269 e. The summed E-state index contributed by atoms with van der Waals surface area (Å²) in [5.74, 6) is 0.693. The van der Waals surface area contributed by atoms with E-state index < -0.39 is 0 Å². The summed E-state index contributed by atoms with van der Waals surface area (Å²) in [5, 5.41) is 6.66. The monoisotopic (exact) mass is 184 g/mol. The lowest BCUT2D eigenvalue weighted by Crippen LogP contribution is -2.31. The summed E-state index contributed by atoms with van der Waals surface area (Å²) in [4.78, 5) is 0. The second kappa shape index (κ2) is 6.96. The fourth-order valence-electron chi connectivity index (χ4n) is 1.17. The number of hydrogen-bond donors (Lipinski definition) is 2. The summed E-state index contributed by atoms with van der Waals surface area (Å²) in [7, 11) is 0. The fraction of sp³-hybridized carbons (Fsp3) is 0.818. The quantitative estimate of drug-likeness (QED) is 0.592. The fourth-order valence-corrected chi connectivity index (χ4v) is 1.17. The first-order valence-corrected chi connectivity index (χ1v) is 5.17. The molecule has 0 atom stereocenters. The van der Waals surface area contributed by atoms with Gasteiger partial charge in [0.05, 0.1) is 0 Å². The van der Waals surface area contributed by atoms with E-state index >= 15 is 0 Å². The first-order valence-electron chi connectivity index (χ1n) is 5.17. The van der Waals surface area contributed by atoms with E-state index in [9.17, 15) is 0 Å². The number of rotatable bonds is 7. The Bertz CT molecular complexity index is 139. The molecule has 0 rings (SSSR count). The van der Waals surface area contributed by atoms with Crippen molar-refractivity contribution in [1.29, 1.82) is 0 Å². The topological polar surface area (TPSA) is 24.1 Å². The minimum absolute atomic E-state index is 0.570. The highest BCUT2D eigenvalue weighted by molar-refractivity contribution is 4.91. The van der Waals surface area contributed by atoms with E-state index in [0.717, 1.165) is 25.2 Å². The molecular formula is C11H24N2.